The average Bonchev–Trinajstić information content (AvgIpc) is 3.03. The summed E-state index contributed by atoms with van der Waals surface area (Å²) in [5.41, 5.74) is 8.46. The van der Waals surface area contributed by atoms with Gasteiger partial charge in [-0.1, -0.05) is 60.7 Å². The molecule has 10 heteroatoms. The van der Waals surface area contributed by atoms with Crippen LogP contribution in [0.4, 0.5) is 17.6 Å². The molecule has 1 aliphatic rings. The van der Waals surface area contributed by atoms with Crippen molar-refractivity contribution in [1.29, 1.82) is 0 Å². The Balaban J connectivity index is 1.75. The Labute approximate surface area is 228 Å². The van der Waals surface area contributed by atoms with E-state index in [0.717, 1.165) is 5.56 Å². The Morgan fingerprint density at radius 2 is 1.75 bits per heavy atom. The molecule has 40 heavy (non-hydrogen) atoms. The summed E-state index contributed by atoms with van der Waals surface area (Å²) in [5, 5.41) is 2.47. The van der Waals surface area contributed by atoms with E-state index in [1.54, 1.807) is 49.4 Å². The highest BCUT2D eigenvalue weighted by molar-refractivity contribution is 6.16. The standard InChI is InChI=1S/C30H27F4N3O3/c1-17-7-5-12-21-23(17)16-24(38)28(36-26(21)19-10-6-11-20(31)15-19)37-29(40)22(13-14-30(32,33)34)25(27(35)39)18-8-3-2-4-9-18/h2-12,15,22,25,28H,13-14,16H2,1H3,(H2,35,39)(H,37,40)/t22-,25+,28-/m1/s1. The minimum absolute atomic E-state index is 0.125. The fourth-order valence-corrected chi connectivity index (χ4v) is 4.94. The molecule has 1 heterocycles. The second kappa shape index (κ2) is 11.8. The van der Waals surface area contributed by atoms with Gasteiger partial charge in [-0.05, 0) is 42.2 Å². The third kappa shape index (κ3) is 6.62. The molecule has 6 nitrogen and oxygen atoms in total. The number of aliphatic imine (C=N–C) groups is 1. The molecule has 0 fully saturated rings. The summed E-state index contributed by atoms with van der Waals surface area (Å²) in [6, 6.07) is 18.7. The van der Waals surface area contributed by atoms with Gasteiger partial charge in [0.15, 0.2) is 11.9 Å². The van der Waals surface area contributed by atoms with Crippen LogP contribution in [-0.2, 0) is 20.8 Å². The molecule has 0 aliphatic carbocycles. The molecule has 3 atom stereocenters. The minimum Gasteiger partial charge on any atom is -0.369 e. The highest BCUT2D eigenvalue weighted by Gasteiger charge is 2.39. The van der Waals surface area contributed by atoms with E-state index in [9.17, 15) is 31.9 Å². The Bertz CT molecular complexity index is 1450. The lowest BCUT2D eigenvalue weighted by molar-refractivity contribution is -0.144. The fourth-order valence-electron chi connectivity index (χ4n) is 4.94. The van der Waals surface area contributed by atoms with Gasteiger partial charge in [0.05, 0.1) is 17.5 Å². The van der Waals surface area contributed by atoms with Gasteiger partial charge in [0.2, 0.25) is 11.8 Å². The van der Waals surface area contributed by atoms with Crippen LogP contribution in [0, 0.1) is 18.7 Å². The van der Waals surface area contributed by atoms with E-state index in [4.69, 9.17) is 5.73 Å². The lowest BCUT2D eigenvalue weighted by atomic mass is 9.81. The number of ketones is 1. The molecule has 1 aliphatic heterocycles. The van der Waals surface area contributed by atoms with Crippen molar-refractivity contribution in [3.8, 4) is 0 Å². The number of Topliss-reactive ketones (excluding diaryl/α,β-unsaturated/α-hetero) is 1. The molecule has 0 radical (unpaired) electrons. The first-order valence-electron chi connectivity index (χ1n) is 12.6. The Hall–Kier alpha value is -4.34. The number of amides is 2. The molecule has 0 saturated carbocycles. The van der Waals surface area contributed by atoms with Gasteiger partial charge in [-0.3, -0.25) is 19.4 Å². The molecular weight excluding hydrogens is 526 g/mol. The summed E-state index contributed by atoms with van der Waals surface area (Å²) < 4.78 is 53.8. The van der Waals surface area contributed by atoms with E-state index in [-0.39, 0.29) is 17.7 Å². The van der Waals surface area contributed by atoms with Gasteiger partial charge in [0, 0.05) is 24.0 Å². The molecule has 2 amide bonds. The fraction of sp³-hybridized carbons (Fsp3) is 0.267. The zero-order chi connectivity index (χ0) is 29.0. The van der Waals surface area contributed by atoms with E-state index in [1.807, 2.05) is 0 Å². The molecule has 0 spiro atoms. The first kappa shape index (κ1) is 28.7. The Morgan fingerprint density at radius 1 is 1.05 bits per heavy atom. The van der Waals surface area contributed by atoms with Gasteiger partial charge in [-0.15, -0.1) is 0 Å². The van der Waals surface area contributed by atoms with Crippen LogP contribution in [0.3, 0.4) is 0 Å². The number of fused-ring (bicyclic) bond motifs is 1. The van der Waals surface area contributed by atoms with Crippen LogP contribution in [0.2, 0.25) is 0 Å². The summed E-state index contributed by atoms with van der Waals surface area (Å²) in [4.78, 5) is 43.9. The quantitative estimate of drug-likeness (QED) is 0.393. The zero-order valence-corrected chi connectivity index (χ0v) is 21.5. The predicted molar refractivity (Wildman–Crippen MR) is 141 cm³/mol. The van der Waals surface area contributed by atoms with Crippen molar-refractivity contribution in [2.75, 3.05) is 0 Å². The maximum atomic E-state index is 14.1. The number of benzene rings is 3. The van der Waals surface area contributed by atoms with Crippen molar-refractivity contribution < 1.29 is 31.9 Å². The number of halogens is 4. The minimum atomic E-state index is -4.60. The molecule has 3 aromatic carbocycles. The van der Waals surface area contributed by atoms with Gasteiger partial charge in [-0.2, -0.15) is 13.2 Å². The van der Waals surface area contributed by atoms with Crippen molar-refractivity contribution in [3.63, 3.8) is 0 Å². The van der Waals surface area contributed by atoms with Crippen LogP contribution in [0.25, 0.3) is 0 Å². The maximum absolute atomic E-state index is 14.1. The Kier molecular flexibility index (Phi) is 8.46. The molecule has 0 aromatic heterocycles. The average molecular weight is 554 g/mol. The second-order valence-corrected chi connectivity index (χ2v) is 9.69. The zero-order valence-electron chi connectivity index (χ0n) is 21.5. The summed E-state index contributed by atoms with van der Waals surface area (Å²) in [6.45, 7) is 1.80. The number of carbonyl (C=O) groups excluding carboxylic acids is 3. The molecule has 208 valence electrons. The van der Waals surface area contributed by atoms with Crippen molar-refractivity contribution in [3.05, 3.63) is 106 Å². The van der Waals surface area contributed by atoms with Gasteiger partial charge in [0.25, 0.3) is 0 Å². The number of hydrogen-bond acceptors (Lipinski definition) is 4. The molecule has 0 saturated heterocycles. The maximum Gasteiger partial charge on any atom is 0.389 e. The van der Waals surface area contributed by atoms with Crippen LogP contribution in [0.1, 0.15) is 46.6 Å². The van der Waals surface area contributed by atoms with Crippen molar-refractivity contribution >= 4 is 23.3 Å². The highest BCUT2D eigenvalue weighted by Crippen LogP contribution is 2.33. The van der Waals surface area contributed by atoms with E-state index in [1.165, 1.54) is 30.3 Å². The van der Waals surface area contributed by atoms with Crippen molar-refractivity contribution in [1.82, 2.24) is 5.32 Å². The SMILES string of the molecule is Cc1cccc2c1CC(=O)[C@@H](NC(=O)[C@H](CCC(F)(F)F)[C@@H](C(N)=O)c1ccccc1)N=C2c1cccc(F)c1. The van der Waals surface area contributed by atoms with Crippen LogP contribution in [0.15, 0.2) is 77.8 Å². The molecule has 4 rings (SSSR count). The monoisotopic (exact) mass is 553 g/mol. The first-order valence-corrected chi connectivity index (χ1v) is 12.6. The number of rotatable bonds is 8. The largest absolute Gasteiger partial charge is 0.389 e. The number of primary amides is 1. The number of aryl methyl sites for hydroxylation is 1. The number of carbonyl (C=O) groups is 3. The van der Waals surface area contributed by atoms with Gasteiger partial charge in [-0.25, -0.2) is 4.39 Å². The number of alkyl halides is 3. The lowest BCUT2D eigenvalue weighted by Crippen LogP contribution is -2.46. The molecule has 0 bridgehead atoms. The number of nitrogens with one attached hydrogen (secondary N) is 1. The summed E-state index contributed by atoms with van der Waals surface area (Å²) in [7, 11) is 0. The molecular formula is C30H27F4N3O3. The summed E-state index contributed by atoms with van der Waals surface area (Å²) >= 11 is 0. The highest BCUT2D eigenvalue weighted by atomic mass is 19.4. The topological polar surface area (TPSA) is 102 Å². The van der Waals surface area contributed by atoms with Crippen molar-refractivity contribution in [2.24, 2.45) is 16.6 Å². The van der Waals surface area contributed by atoms with Crippen molar-refractivity contribution in [2.45, 2.75) is 44.4 Å². The van der Waals surface area contributed by atoms with Crippen LogP contribution < -0.4 is 11.1 Å². The molecule has 3 aromatic rings. The summed E-state index contributed by atoms with van der Waals surface area (Å²) in [6.07, 6.45) is -8.30. The number of nitrogens with two attached hydrogens (primary N) is 1. The van der Waals surface area contributed by atoms with Gasteiger partial charge < -0.3 is 11.1 Å². The summed E-state index contributed by atoms with van der Waals surface area (Å²) in [5.74, 6) is -5.91. The second-order valence-electron chi connectivity index (χ2n) is 9.69. The van der Waals surface area contributed by atoms with E-state index in [2.05, 4.69) is 10.3 Å². The van der Waals surface area contributed by atoms with Crippen LogP contribution >= 0.6 is 0 Å². The third-order valence-corrected chi connectivity index (χ3v) is 6.90. The van der Waals surface area contributed by atoms with E-state index < -0.39 is 60.4 Å². The van der Waals surface area contributed by atoms with E-state index in [0.29, 0.717) is 16.7 Å². The molecule has 0 unspecified atom stereocenters. The Morgan fingerprint density at radius 3 is 2.40 bits per heavy atom. The van der Waals surface area contributed by atoms with Gasteiger partial charge >= 0.3 is 6.18 Å². The number of nitrogens with zero attached hydrogens (tertiary/aromatic N) is 1. The predicted octanol–water partition coefficient (Wildman–Crippen LogP) is 4.77. The van der Waals surface area contributed by atoms with Crippen LogP contribution in [-0.4, -0.2) is 35.7 Å². The first-order chi connectivity index (χ1) is 18.9. The molecule has 3 N–H and O–H groups in total. The smallest absolute Gasteiger partial charge is 0.369 e. The third-order valence-electron chi connectivity index (χ3n) is 6.90. The number of hydrogen-bond donors (Lipinski definition) is 2. The lowest BCUT2D eigenvalue weighted by Gasteiger charge is -2.26. The normalized spacial score (nSPS) is 16.8. The van der Waals surface area contributed by atoms with Gasteiger partial charge in [0.1, 0.15) is 5.82 Å². The van der Waals surface area contributed by atoms with Crippen LogP contribution in [0.5, 0.6) is 0 Å². The van der Waals surface area contributed by atoms with E-state index >= 15 is 0 Å².